The highest BCUT2D eigenvalue weighted by atomic mass is 16.5. The van der Waals surface area contributed by atoms with Crippen molar-refractivity contribution in [3.8, 4) is 5.75 Å². The number of nitrogens with one attached hydrogen (secondary N) is 2. The zero-order chi connectivity index (χ0) is 15.8. The third kappa shape index (κ3) is 2.57. The normalized spacial score (nSPS) is 19.5. The van der Waals surface area contributed by atoms with Gasteiger partial charge in [0.2, 0.25) is 0 Å². The Morgan fingerprint density at radius 1 is 1.22 bits per heavy atom. The highest BCUT2D eigenvalue weighted by Crippen LogP contribution is 2.44. The van der Waals surface area contributed by atoms with Gasteiger partial charge in [0.15, 0.2) is 0 Å². The molecule has 3 aromatic rings. The van der Waals surface area contributed by atoms with Crippen molar-refractivity contribution in [1.29, 1.82) is 0 Å². The number of methoxy groups -OCH3 is 1. The molecule has 1 aliphatic rings. The number of hydrogen-bond donors (Lipinski definition) is 2. The number of carbonyl (C=O) groups is 1. The number of aromatic nitrogens is 1. The molecule has 1 aliphatic carbocycles. The Bertz CT molecular complexity index is 868. The number of benzene rings is 2. The summed E-state index contributed by atoms with van der Waals surface area (Å²) in [5, 5.41) is 4.23. The summed E-state index contributed by atoms with van der Waals surface area (Å²) >= 11 is 0. The van der Waals surface area contributed by atoms with E-state index in [1.165, 1.54) is 5.56 Å². The van der Waals surface area contributed by atoms with E-state index in [4.69, 9.17) is 4.74 Å². The maximum atomic E-state index is 12.4. The predicted molar refractivity (Wildman–Crippen MR) is 89.9 cm³/mol. The first kappa shape index (κ1) is 13.9. The molecule has 0 spiro atoms. The van der Waals surface area contributed by atoms with Crippen molar-refractivity contribution in [2.24, 2.45) is 0 Å². The van der Waals surface area contributed by atoms with Crippen molar-refractivity contribution in [3.05, 3.63) is 65.9 Å². The van der Waals surface area contributed by atoms with Gasteiger partial charge in [0.25, 0.3) is 5.91 Å². The number of ether oxygens (including phenoxy) is 1. The number of amides is 1. The second-order valence-corrected chi connectivity index (χ2v) is 5.94. The number of H-pyrrole nitrogens is 1. The molecule has 0 saturated heterocycles. The average Bonchev–Trinajstić information content (AvgIpc) is 3.18. The number of hydrogen-bond acceptors (Lipinski definition) is 2. The maximum Gasteiger partial charge on any atom is 0.251 e. The second-order valence-electron chi connectivity index (χ2n) is 5.94. The molecule has 2 aromatic carbocycles. The first-order valence-corrected chi connectivity index (χ1v) is 7.77. The molecule has 1 aromatic heterocycles. The molecule has 4 nitrogen and oxygen atoms in total. The summed E-state index contributed by atoms with van der Waals surface area (Å²) in [6.07, 6.45) is 2.84. The molecule has 116 valence electrons. The molecule has 1 amide bonds. The van der Waals surface area contributed by atoms with Crippen LogP contribution in [-0.4, -0.2) is 24.0 Å². The molecule has 2 atom stereocenters. The predicted octanol–water partition coefficient (Wildman–Crippen LogP) is 3.46. The fourth-order valence-electron chi connectivity index (χ4n) is 3.11. The lowest BCUT2D eigenvalue weighted by Gasteiger charge is -2.09. The van der Waals surface area contributed by atoms with E-state index in [0.29, 0.717) is 11.5 Å². The van der Waals surface area contributed by atoms with Crippen molar-refractivity contribution in [1.82, 2.24) is 10.3 Å². The third-order valence-electron chi connectivity index (χ3n) is 4.46. The van der Waals surface area contributed by atoms with Gasteiger partial charge < -0.3 is 15.0 Å². The Balaban J connectivity index is 1.48. The van der Waals surface area contributed by atoms with Gasteiger partial charge in [0, 0.05) is 29.2 Å². The fraction of sp³-hybridized carbons (Fsp3) is 0.211. The van der Waals surface area contributed by atoms with Gasteiger partial charge in [-0.15, -0.1) is 0 Å². The highest BCUT2D eigenvalue weighted by Gasteiger charge is 2.41. The van der Waals surface area contributed by atoms with Crippen LogP contribution in [0, 0.1) is 0 Å². The van der Waals surface area contributed by atoms with E-state index in [1.54, 1.807) is 7.11 Å². The lowest BCUT2D eigenvalue weighted by molar-refractivity contribution is 0.0950. The number of aromatic amines is 1. The summed E-state index contributed by atoms with van der Waals surface area (Å²) in [7, 11) is 1.68. The van der Waals surface area contributed by atoms with Crippen LogP contribution in [0.1, 0.15) is 28.3 Å². The Morgan fingerprint density at radius 3 is 2.96 bits per heavy atom. The van der Waals surface area contributed by atoms with Gasteiger partial charge in [0.1, 0.15) is 5.75 Å². The standard InChI is InChI=1S/C19H18N2O2/c1-23-18-5-3-2-4-14(18)15-11-17(15)21-19(22)13-7-6-12-8-9-20-16(12)10-13/h2-10,15,17,20H,11H2,1H3,(H,21,22)/t15-,17-/m1/s1. The number of fused-ring (bicyclic) bond motifs is 1. The van der Waals surface area contributed by atoms with Gasteiger partial charge in [-0.25, -0.2) is 0 Å². The minimum Gasteiger partial charge on any atom is -0.496 e. The van der Waals surface area contributed by atoms with Gasteiger partial charge >= 0.3 is 0 Å². The molecule has 2 N–H and O–H groups in total. The van der Waals surface area contributed by atoms with Crippen LogP contribution in [-0.2, 0) is 0 Å². The van der Waals surface area contributed by atoms with Gasteiger partial charge in [-0.1, -0.05) is 24.3 Å². The van der Waals surface area contributed by atoms with E-state index in [2.05, 4.69) is 16.4 Å². The lowest BCUT2D eigenvalue weighted by Crippen LogP contribution is -2.26. The monoisotopic (exact) mass is 306 g/mol. The molecule has 0 bridgehead atoms. The van der Waals surface area contributed by atoms with Gasteiger partial charge in [-0.2, -0.15) is 0 Å². The van der Waals surface area contributed by atoms with E-state index in [9.17, 15) is 4.79 Å². The Labute approximate surface area is 134 Å². The van der Waals surface area contributed by atoms with Crippen LogP contribution in [0.2, 0.25) is 0 Å². The maximum absolute atomic E-state index is 12.4. The van der Waals surface area contributed by atoms with Gasteiger partial charge in [0.05, 0.1) is 7.11 Å². The van der Waals surface area contributed by atoms with E-state index >= 15 is 0 Å². The topological polar surface area (TPSA) is 54.1 Å². The molecular formula is C19H18N2O2. The molecule has 4 heteroatoms. The molecule has 1 fully saturated rings. The van der Waals surface area contributed by atoms with Crippen molar-refractivity contribution in [2.45, 2.75) is 18.4 Å². The summed E-state index contributed by atoms with van der Waals surface area (Å²) in [5.41, 5.74) is 2.83. The molecule has 4 rings (SSSR count). The molecular weight excluding hydrogens is 288 g/mol. The Morgan fingerprint density at radius 2 is 2.09 bits per heavy atom. The molecule has 0 aliphatic heterocycles. The summed E-state index contributed by atoms with van der Waals surface area (Å²) < 4.78 is 5.41. The lowest BCUT2D eigenvalue weighted by atomic mass is 10.1. The second kappa shape index (κ2) is 5.47. The van der Waals surface area contributed by atoms with Crippen LogP contribution in [0.4, 0.5) is 0 Å². The fourth-order valence-corrected chi connectivity index (χ4v) is 3.11. The SMILES string of the molecule is COc1ccccc1[C@H]1C[C@H]1NC(=O)c1ccc2cc[nH]c2c1. The van der Waals surface area contributed by atoms with Crippen molar-refractivity contribution in [3.63, 3.8) is 0 Å². The third-order valence-corrected chi connectivity index (χ3v) is 4.46. The highest BCUT2D eigenvalue weighted by molar-refractivity contribution is 5.98. The molecule has 1 heterocycles. The summed E-state index contributed by atoms with van der Waals surface area (Å²) in [6.45, 7) is 0. The Hall–Kier alpha value is -2.75. The van der Waals surface area contributed by atoms with Crippen LogP contribution < -0.4 is 10.1 Å². The van der Waals surface area contributed by atoms with Crippen molar-refractivity contribution in [2.75, 3.05) is 7.11 Å². The van der Waals surface area contributed by atoms with Crippen LogP contribution in [0.25, 0.3) is 10.9 Å². The van der Waals surface area contributed by atoms with E-state index in [0.717, 1.165) is 23.1 Å². The van der Waals surface area contributed by atoms with Gasteiger partial charge in [-0.3, -0.25) is 4.79 Å². The summed E-state index contributed by atoms with van der Waals surface area (Å²) in [5.74, 6) is 1.20. The van der Waals surface area contributed by atoms with Crippen LogP contribution in [0.15, 0.2) is 54.7 Å². The number of rotatable bonds is 4. The zero-order valence-corrected chi connectivity index (χ0v) is 12.9. The minimum absolute atomic E-state index is 0.0242. The van der Waals surface area contributed by atoms with E-state index < -0.39 is 0 Å². The van der Waals surface area contributed by atoms with Crippen LogP contribution in [0.5, 0.6) is 5.75 Å². The van der Waals surface area contributed by atoms with Crippen LogP contribution in [0.3, 0.4) is 0 Å². The largest absolute Gasteiger partial charge is 0.496 e. The zero-order valence-electron chi connectivity index (χ0n) is 12.9. The van der Waals surface area contributed by atoms with Crippen molar-refractivity contribution >= 4 is 16.8 Å². The minimum atomic E-state index is -0.0242. The summed E-state index contributed by atoms with van der Waals surface area (Å²) in [4.78, 5) is 15.6. The Kier molecular flexibility index (Phi) is 3.30. The smallest absolute Gasteiger partial charge is 0.251 e. The molecule has 0 radical (unpaired) electrons. The number of carbonyl (C=O) groups excluding carboxylic acids is 1. The van der Waals surface area contributed by atoms with Crippen LogP contribution >= 0.6 is 0 Å². The molecule has 23 heavy (non-hydrogen) atoms. The van der Waals surface area contributed by atoms with Crippen molar-refractivity contribution < 1.29 is 9.53 Å². The quantitative estimate of drug-likeness (QED) is 0.775. The van der Waals surface area contributed by atoms with Gasteiger partial charge in [-0.05, 0) is 41.6 Å². The van der Waals surface area contributed by atoms with E-state index in [1.807, 2.05) is 48.7 Å². The first-order chi connectivity index (χ1) is 11.3. The molecule has 0 unspecified atom stereocenters. The summed E-state index contributed by atoms with van der Waals surface area (Å²) in [6, 6.07) is 15.9. The van der Waals surface area contributed by atoms with E-state index in [-0.39, 0.29) is 11.9 Å². The number of para-hydroxylation sites is 1. The average molecular weight is 306 g/mol. The first-order valence-electron chi connectivity index (χ1n) is 7.77. The molecule has 1 saturated carbocycles.